The van der Waals surface area contributed by atoms with Crippen molar-refractivity contribution in [3.8, 4) is 11.5 Å². The van der Waals surface area contributed by atoms with Crippen LogP contribution < -0.4 is 10.2 Å². The monoisotopic (exact) mass is 428 g/mol. The van der Waals surface area contributed by atoms with Crippen LogP contribution in [0.1, 0.15) is 22.8 Å². The van der Waals surface area contributed by atoms with Gasteiger partial charge in [0, 0.05) is 5.56 Å². The predicted octanol–water partition coefficient (Wildman–Crippen LogP) is 3.30. The van der Waals surface area contributed by atoms with Crippen LogP contribution in [0.15, 0.2) is 41.5 Å². The highest BCUT2D eigenvalue weighted by molar-refractivity contribution is 14.1. The van der Waals surface area contributed by atoms with Crippen molar-refractivity contribution >= 4 is 34.7 Å². The third-order valence-electron chi connectivity index (χ3n) is 2.84. The summed E-state index contributed by atoms with van der Waals surface area (Å²) in [5, 5.41) is 13.7. The second-order valence-corrected chi connectivity index (χ2v) is 5.65. The van der Waals surface area contributed by atoms with Crippen molar-refractivity contribution in [3.63, 3.8) is 0 Å². The Morgan fingerprint density at radius 1 is 1.39 bits per heavy atom. The Hall–Kier alpha value is -2.16. The van der Waals surface area contributed by atoms with Gasteiger partial charge in [0.2, 0.25) is 0 Å². The average Bonchev–Trinajstić information content (AvgIpc) is 2.53. The Kier molecular flexibility index (Phi) is 5.91. The molecule has 0 spiro atoms. The van der Waals surface area contributed by atoms with Crippen LogP contribution in [0.2, 0.25) is 0 Å². The summed E-state index contributed by atoms with van der Waals surface area (Å²) in [5.41, 5.74) is 3.32. The molecule has 0 aliphatic carbocycles. The highest BCUT2D eigenvalue weighted by Crippen LogP contribution is 2.32. The molecular formula is C16H14FIN2O3. The highest BCUT2D eigenvalue weighted by Gasteiger charge is 2.08. The lowest BCUT2D eigenvalue weighted by Crippen LogP contribution is -2.17. The van der Waals surface area contributed by atoms with Crippen LogP contribution in [0.4, 0.5) is 4.39 Å². The maximum Gasteiger partial charge on any atom is 0.271 e. The number of ether oxygens (including phenoxy) is 1. The molecule has 2 aromatic rings. The molecule has 0 radical (unpaired) electrons. The van der Waals surface area contributed by atoms with Gasteiger partial charge in [0.05, 0.1) is 16.4 Å². The second kappa shape index (κ2) is 7.91. The van der Waals surface area contributed by atoms with E-state index in [-0.39, 0.29) is 5.75 Å². The van der Waals surface area contributed by atoms with E-state index in [1.165, 1.54) is 30.5 Å². The SMILES string of the molecule is CCOc1cc(/C=N\NC(=O)c2ccc(F)cc2)cc(I)c1O. The van der Waals surface area contributed by atoms with Gasteiger partial charge in [-0.05, 0) is 71.5 Å². The third-order valence-corrected chi connectivity index (χ3v) is 3.66. The fourth-order valence-electron chi connectivity index (χ4n) is 1.77. The summed E-state index contributed by atoms with van der Waals surface area (Å²) in [6, 6.07) is 8.47. The molecule has 23 heavy (non-hydrogen) atoms. The Bertz CT molecular complexity index is 733. The van der Waals surface area contributed by atoms with Gasteiger partial charge in [-0.15, -0.1) is 0 Å². The summed E-state index contributed by atoms with van der Waals surface area (Å²) in [5.74, 6) is -0.433. The summed E-state index contributed by atoms with van der Waals surface area (Å²) in [6.07, 6.45) is 1.44. The molecule has 0 saturated carbocycles. The largest absolute Gasteiger partial charge is 0.504 e. The zero-order chi connectivity index (χ0) is 16.8. The molecule has 5 nitrogen and oxygen atoms in total. The van der Waals surface area contributed by atoms with Gasteiger partial charge in [-0.2, -0.15) is 5.10 Å². The van der Waals surface area contributed by atoms with Crippen molar-refractivity contribution in [2.45, 2.75) is 6.92 Å². The van der Waals surface area contributed by atoms with Gasteiger partial charge < -0.3 is 9.84 Å². The lowest BCUT2D eigenvalue weighted by molar-refractivity contribution is 0.0955. The Morgan fingerprint density at radius 2 is 2.09 bits per heavy atom. The van der Waals surface area contributed by atoms with Crippen molar-refractivity contribution in [1.82, 2.24) is 5.43 Å². The number of carbonyl (C=O) groups is 1. The Labute approximate surface area is 146 Å². The van der Waals surface area contributed by atoms with Crippen LogP contribution in [-0.4, -0.2) is 23.8 Å². The molecule has 1 amide bonds. The van der Waals surface area contributed by atoms with E-state index in [9.17, 15) is 14.3 Å². The molecule has 0 aliphatic rings. The molecule has 2 N–H and O–H groups in total. The van der Waals surface area contributed by atoms with E-state index in [4.69, 9.17) is 4.74 Å². The number of halogens is 2. The van der Waals surface area contributed by atoms with Crippen molar-refractivity contribution in [3.05, 3.63) is 56.9 Å². The second-order valence-electron chi connectivity index (χ2n) is 4.49. The molecule has 0 unspecified atom stereocenters. The van der Waals surface area contributed by atoms with E-state index < -0.39 is 11.7 Å². The predicted molar refractivity (Wildman–Crippen MR) is 93.5 cm³/mol. The van der Waals surface area contributed by atoms with Crippen molar-refractivity contribution in [1.29, 1.82) is 0 Å². The quantitative estimate of drug-likeness (QED) is 0.436. The van der Waals surface area contributed by atoms with E-state index >= 15 is 0 Å². The van der Waals surface area contributed by atoms with E-state index in [1.807, 2.05) is 29.5 Å². The maximum absolute atomic E-state index is 12.8. The van der Waals surface area contributed by atoms with Gasteiger partial charge in [-0.1, -0.05) is 0 Å². The third kappa shape index (κ3) is 4.65. The summed E-state index contributed by atoms with van der Waals surface area (Å²) < 4.78 is 18.7. The molecule has 0 heterocycles. The number of phenolic OH excluding ortho intramolecular Hbond substituents is 1. The summed E-state index contributed by atoms with van der Waals surface area (Å²) in [4.78, 5) is 11.8. The number of rotatable bonds is 5. The maximum atomic E-state index is 12.8. The molecule has 0 saturated heterocycles. The molecule has 0 bridgehead atoms. The lowest BCUT2D eigenvalue weighted by Gasteiger charge is -2.08. The number of hydrogen-bond donors (Lipinski definition) is 2. The van der Waals surface area contributed by atoms with Crippen LogP contribution in [-0.2, 0) is 0 Å². The number of benzene rings is 2. The first kappa shape index (κ1) is 17.2. The zero-order valence-corrected chi connectivity index (χ0v) is 14.4. The smallest absolute Gasteiger partial charge is 0.271 e. The van der Waals surface area contributed by atoms with Gasteiger partial charge in [0.15, 0.2) is 11.5 Å². The first-order valence-corrected chi connectivity index (χ1v) is 7.83. The fourth-order valence-corrected chi connectivity index (χ4v) is 2.39. The van der Waals surface area contributed by atoms with Crippen LogP contribution in [0, 0.1) is 9.39 Å². The van der Waals surface area contributed by atoms with Gasteiger partial charge >= 0.3 is 0 Å². The summed E-state index contributed by atoms with van der Waals surface area (Å²) >= 11 is 1.98. The Balaban J connectivity index is 2.08. The minimum atomic E-state index is -0.445. The minimum Gasteiger partial charge on any atom is -0.504 e. The first-order chi connectivity index (χ1) is 11.0. The standard InChI is InChI=1S/C16H14FIN2O3/c1-2-23-14-8-10(7-13(18)15(14)21)9-19-20-16(22)11-3-5-12(17)6-4-11/h3-9,21H,2H2,1H3,(H,20,22)/b19-9-. The fraction of sp³-hybridized carbons (Fsp3) is 0.125. The zero-order valence-electron chi connectivity index (χ0n) is 12.2. The van der Waals surface area contributed by atoms with Crippen LogP contribution in [0.25, 0.3) is 0 Å². The molecule has 2 rings (SSSR count). The molecule has 120 valence electrons. The highest BCUT2D eigenvalue weighted by atomic mass is 127. The van der Waals surface area contributed by atoms with E-state index in [1.54, 1.807) is 12.1 Å². The number of amides is 1. The molecular weight excluding hydrogens is 414 g/mol. The molecule has 0 aromatic heterocycles. The van der Waals surface area contributed by atoms with Crippen LogP contribution in [0.3, 0.4) is 0 Å². The molecule has 7 heteroatoms. The summed E-state index contributed by atoms with van der Waals surface area (Å²) in [6.45, 7) is 2.24. The Morgan fingerprint density at radius 3 is 2.74 bits per heavy atom. The van der Waals surface area contributed by atoms with Crippen molar-refractivity contribution in [2.24, 2.45) is 5.10 Å². The number of carbonyl (C=O) groups excluding carboxylic acids is 1. The van der Waals surface area contributed by atoms with Crippen LogP contribution in [0.5, 0.6) is 11.5 Å². The topological polar surface area (TPSA) is 70.9 Å². The average molecular weight is 428 g/mol. The van der Waals surface area contributed by atoms with Crippen LogP contribution >= 0.6 is 22.6 Å². The van der Waals surface area contributed by atoms with Crippen molar-refractivity contribution in [2.75, 3.05) is 6.61 Å². The van der Waals surface area contributed by atoms with Gasteiger partial charge in [-0.3, -0.25) is 4.79 Å². The van der Waals surface area contributed by atoms with Crippen molar-refractivity contribution < 1.29 is 19.0 Å². The number of nitrogens with zero attached hydrogens (tertiary/aromatic N) is 1. The molecule has 0 atom stereocenters. The van der Waals surface area contributed by atoms with E-state index in [0.29, 0.717) is 27.1 Å². The van der Waals surface area contributed by atoms with E-state index in [0.717, 1.165) is 0 Å². The number of aromatic hydroxyl groups is 1. The van der Waals surface area contributed by atoms with E-state index in [2.05, 4.69) is 10.5 Å². The number of phenols is 1. The van der Waals surface area contributed by atoms with Gasteiger partial charge in [0.1, 0.15) is 5.82 Å². The summed E-state index contributed by atoms with van der Waals surface area (Å²) in [7, 11) is 0. The molecule has 0 aliphatic heterocycles. The number of nitrogens with one attached hydrogen (secondary N) is 1. The molecule has 2 aromatic carbocycles. The molecule has 0 fully saturated rings. The lowest BCUT2D eigenvalue weighted by atomic mass is 10.2. The minimum absolute atomic E-state index is 0.0694. The number of hydrogen-bond acceptors (Lipinski definition) is 4. The first-order valence-electron chi connectivity index (χ1n) is 6.75. The number of hydrazone groups is 1. The normalized spacial score (nSPS) is 10.7. The van der Waals surface area contributed by atoms with Gasteiger partial charge in [-0.25, -0.2) is 9.82 Å². The van der Waals surface area contributed by atoms with Gasteiger partial charge in [0.25, 0.3) is 5.91 Å².